The van der Waals surface area contributed by atoms with Crippen LogP contribution >= 0.6 is 23.2 Å². The first-order valence-corrected chi connectivity index (χ1v) is 14.0. The number of aryl methyl sites for hydroxylation is 1. The van der Waals surface area contributed by atoms with E-state index in [-0.39, 0.29) is 29.1 Å². The highest BCUT2D eigenvalue weighted by Gasteiger charge is 2.32. The summed E-state index contributed by atoms with van der Waals surface area (Å²) in [7, 11) is -3.88. The van der Waals surface area contributed by atoms with Crippen molar-refractivity contribution in [1.82, 2.24) is 10.2 Å². The van der Waals surface area contributed by atoms with Crippen molar-refractivity contribution in [1.29, 1.82) is 0 Å². The second kappa shape index (κ2) is 12.6. The van der Waals surface area contributed by atoms with E-state index < -0.39 is 28.5 Å². The fraction of sp³-hybridized carbons (Fsp3) is 0.440. The Morgan fingerprint density at radius 3 is 2.31 bits per heavy atom. The largest absolute Gasteiger partial charge is 0.354 e. The van der Waals surface area contributed by atoms with Crippen LogP contribution in [0.4, 0.5) is 5.69 Å². The van der Waals surface area contributed by atoms with E-state index in [1.54, 1.807) is 0 Å². The van der Waals surface area contributed by atoms with Gasteiger partial charge in [0.25, 0.3) is 0 Å². The number of hydrogen-bond donors (Lipinski definition) is 1. The van der Waals surface area contributed by atoms with Crippen molar-refractivity contribution in [2.24, 2.45) is 5.92 Å². The average molecular weight is 543 g/mol. The maximum atomic E-state index is 13.7. The van der Waals surface area contributed by atoms with Crippen LogP contribution in [-0.4, -0.2) is 50.5 Å². The van der Waals surface area contributed by atoms with Gasteiger partial charge in [-0.25, -0.2) is 8.42 Å². The predicted molar refractivity (Wildman–Crippen MR) is 142 cm³/mol. The number of rotatable bonds is 11. The molecule has 0 radical (unpaired) electrons. The first-order chi connectivity index (χ1) is 16.3. The summed E-state index contributed by atoms with van der Waals surface area (Å²) in [4.78, 5) is 28.1. The van der Waals surface area contributed by atoms with Crippen molar-refractivity contribution in [2.75, 3.05) is 23.7 Å². The lowest BCUT2D eigenvalue weighted by molar-refractivity contribution is -0.140. The molecule has 2 aromatic rings. The van der Waals surface area contributed by atoms with Crippen LogP contribution in [0.1, 0.15) is 38.3 Å². The van der Waals surface area contributed by atoms with Crippen LogP contribution in [0.5, 0.6) is 0 Å². The molecule has 35 heavy (non-hydrogen) atoms. The highest BCUT2D eigenvalue weighted by molar-refractivity contribution is 7.92. The smallest absolute Gasteiger partial charge is 0.244 e. The minimum atomic E-state index is -3.88. The Morgan fingerprint density at radius 1 is 1.09 bits per heavy atom. The quantitative estimate of drug-likeness (QED) is 0.448. The number of nitrogens with one attached hydrogen (secondary N) is 1. The van der Waals surface area contributed by atoms with Crippen molar-refractivity contribution in [3.8, 4) is 0 Å². The number of benzene rings is 2. The molecule has 0 fully saturated rings. The van der Waals surface area contributed by atoms with E-state index >= 15 is 0 Å². The number of carbonyl (C=O) groups excluding carboxylic acids is 2. The minimum absolute atomic E-state index is 0.0997. The Kier molecular flexibility index (Phi) is 10.4. The molecule has 192 valence electrons. The molecule has 0 aliphatic heterocycles. The number of carbonyl (C=O) groups is 2. The Bertz CT molecular complexity index is 1160. The third-order valence-corrected chi connectivity index (χ3v) is 7.03. The lowest BCUT2D eigenvalue weighted by atomic mass is 10.1. The molecule has 0 aromatic heterocycles. The summed E-state index contributed by atoms with van der Waals surface area (Å²) in [6.45, 7) is 7.84. The van der Waals surface area contributed by atoms with Crippen molar-refractivity contribution in [2.45, 2.75) is 46.7 Å². The minimum Gasteiger partial charge on any atom is -0.354 e. The highest BCUT2D eigenvalue weighted by atomic mass is 35.5. The van der Waals surface area contributed by atoms with E-state index in [0.717, 1.165) is 21.7 Å². The Labute approximate surface area is 218 Å². The summed E-state index contributed by atoms with van der Waals surface area (Å²) < 4.78 is 26.3. The van der Waals surface area contributed by atoms with Crippen molar-refractivity contribution in [3.63, 3.8) is 0 Å². The zero-order valence-corrected chi connectivity index (χ0v) is 23.0. The highest BCUT2D eigenvalue weighted by Crippen LogP contribution is 2.30. The van der Waals surface area contributed by atoms with Crippen molar-refractivity contribution in [3.05, 3.63) is 63.6 Å². The molecule has 7 nitrogen and oxygen atoms in total. The molecule has 0 heterocycles. The van der Waals surface area contributed by atoms with Crippen LogP contribution in [0.2, 0.25) is 10.0 Å². The van der Waals surface area contributed by atoms with Gasteiger partial charge in [0, 0.05) is 18.1 Å². The van der Waals surface area contributed by atoms with E-state index in [2.05, 4.69) is 5.32 Å². The topological polar surface area (TPSA) is 86.8 Å². The molecule has 1 N–H and O–H groups in total. The molecule has 0 aliphatic rings. The van der Waals surface area contributed by atoms with Gasteiger partial charge in [0.05, 0.1) is 17.0 Å². The standard InChI is InChI=1S/C25H33Cl2N3O4S/c1-6-22(25(32)28-14-17(2)3)29(15-19-9-7-8-18(4)12-19)24(31)16-30(35(5,33)34)23-11-10-20(26)13-21(23)27/h7-13,17,22H,6,14-16H2,1-5H3,(H,28,32). The first-order valence-electron chi connectivity index (χ1n) is 11.4. The lowest BCUT2D eigenvalue weighted by Gasteiger charge is -2.33. The van der Waals surface area contributed by atoms with Crippen molar-refractivity contribution >= 4 is 50.7 Å². The van der Waals surface area contributed by atoms with Gasteiger partial charge in [0.1, 0.15) is 12.6 Å². The molecule has 1 unspecified atom stereocenters. The zero-order valence-electron chi connectivity index (χ0n) is 20.7. The van der Waals surface area contributed by atoms with Crippen LogP contribution in [0, 0.1) is 12.8 Å². The van der Waals surface area contributed by atoms with Gasteiger partial charge < -0.3 is 10.2 Å². The summed E-state index contributed by atoms with van der Waals surface area (Å²) in [6, 6.07) is 11.2. The Balaban J connectivity index is 2.45. The second-order valence-electron chi connectivity index (χ2n) is 8.94. The van der Waals surface area contributed by atoms with Gasteiger partial charge in [-0.05, 0) is 43.0 Å². The van der Waals surface area contributed by atoms with Gasteiger partial charge in [0.2, 0.25) is 21.8 Å². The first kappa shape index (κ1) is 28.9. The van der Waals surface area contributed by atoms with Crippen molar-refractivity contribution < 1.29 is 18.0 Å². The molecular formula is C25H33Cl2N3O4S. The van der Waals surface area contributed by atoms with Gasteiger partial charge in [-0.15, -0.1) is 0 Å². The summed E-state index contributed by atoms with van der Waals surface area (Å²) in [5.41, 5.74) is 1.99. The lowest BCUT2D eigenvalue weighted by Crippen LogP contribution is -2.52. The van der Waals surface area contributed by atoms with Gasteiger partial charge in [-0.1, -0.05) is 73.8 Å². The molecule has 10 heteroatoms. The molecule has 0 saturated carbocycles. The van der Waals surface area contributed by atoms with Gasteiger partial charge in [-0.2, -0.15) is 0 Å². The third kappa shape index (κ3) is 8.40. The monoisotopic (exact) mass is 541 g/mol. The molecule has 2 rings (SSSR count). The molecule has 2 aromatic carbocycles. The number of halogens is 2. The van der Waals surface area contributed by atoms with E-state index in [1.165, 1.54) is 23.1 Å². The summed E-state index contributed by atoms with van der Waals surface area (Å²) in [6.07, 6.45) is 1.37. The normalized spacial score (nSPS) is 12.3. The van der Waals surface area contributed by atoms with Crippen LogP contribution in [0.25, 0.3) is 0 Å². The van der Waals surface area contributed by atoms with Crippen LogP contribution < -0.4 is 9.62 Å². The maximum absolute atomic E-state index is 13.7. The van der Waals surface area contributed by atoms with Crippen LogP contribution in [0.15, 0.2) is 42.5 Å². The average Bonchev–Trinajstić information content (AvgIpc) is 2.75. The van der Waals surface area contributed by atoms with Gasteiger partial charge in [-0.3, -0.25) is 13.9 Å². The molecule has 1 atom stereocenters. The fourth-order valence-electron chi connectivity index (χ4n) is 3.63. The van der Waals surface area contributed by atoms with E-state index in [9.17, 15) is 18.0 Å². The predicted octanol–water partition coefficient (Wildman–Crippen LogP) is 4.65. The SMILES string of the molecule is CCC(C(=O)NCC(C)C)N(Cc1cccc(C)c1)C(=O)CN(c1ccc(Cl)cc1Cl)S(C)(=O)=O. The number of hydrogen-bond acceptors (Lipinski definition) is 4. The Morgan fingerprint density at radius 2 is 1.77 bits per heavy atom. The Hall–Kier alpha value is -2.29. The molecule has 0 aliphatic carbocycles. The molecule has 0 spiro atoms. The van der Waals surface area contributed by atoms with E-state index in [1.807, 2.05) is 52.0 Å². The summed E-state index contributed by atoms with van der Waals surface area (Å²) in [5.74, 6) is -0.558. The van der Waals surface area contributed by atoms with E-state index in [4.69, 9.17) is 23.2 Å². The molecule has 2 amide bonds. The number of anilines is 1. The number of amides is 2. The fourth-order valence-corrected chi connectivity index (χ4v) is 5.05. The van der Waals surface area contributed by atoms with Gasteiger partial charge in [0.15, 0.2) is 0 Å². The zero-order chi connectivity index (χ0) is 26.3. The number of sulfonamides is 1. The van der Waals surface area contributed by atoms with Crippen LogP contribution in [0.3, 0.4) is 0 Å². The second-order valence-corrected chi connectivity index (χ2v) is 11.7. The van der Waals surface area contributed by atoms with E-state index in [0.29, 0.717) is 18.0 Å². The summed E-state index contributed by atoms with van der Waals surface area (Å²) >= 11 is 12.2. The maximum Gasteiger partial charge on any atom is 0.244 e. The molecular weight excluding hydrogens is 509 g/mol. The van der Waals surface area contributed by atoms with Gasteiger partial charge >= 0.3 is 0 Å². The number of nitrogens with zero attached hydrogens (tertiary/aromatic N) is 2. The third-order valence-electron chi connectivity index (χ3n) is 5.36. The summed E-state index contributed by atoms with van der Waals surface area (Å²) in [5, 5.41) is 3.34. The van der Waals surface area contributed by atoms with Crippen LogP contribution in [-0.2, 0) is 26.2 Å². The molecule has 0 bridgehead atoms. The molecule has 0 saturated heterocycles.